The molecule has 0 aliphatic heterocycles. The molecule has 0 aliphatic carbocycles. The van der Waals surface area contributed by atoms with E-state index in [2.05, 4.69) is 20.7 Å². The van der Waals surface area contributed by atoms with E-state index in [-0.39, 0.29) is 0 Å². The fourth-order valence-electron chi connectivity index (χ4n) is 0.819. The molecule has 1 aromatic heterocycles. The zero-order chi connectivity index (χ0) is 8.97. The lowest BCUT2D eigenvalue weighted by Crippen LogP contribution is -2.13. The van der Waals surface area contributed by atoms with Gasteiger partial charge in [0.2, 0.25) is 0 Å². The third-order valence-corrected chi connectivity index (χ3v) is 1.36. The van der Waals surface area contributed by atoms with Gasteiger partial charge in [-0.1, -0.05) is 0 Å². The van der Waals surface area contributed by atoms with E-state index in [0.717, 1.165) is 6.54 Å². The summed E-state index contributed by atoms with van der Waals surface area (Å²) in [5.74, 6) is 6.20. The summed E-state index contributed by atoms with van der Waals surface area (Å²) in [7, 11) is 0. The van der Waals surface area contributed by atoms with E-state index in [1.165, 1.54) is 6.33 Å². The van der Waals surface area contributed by atoms with Gasteiger partial charge in [-0.05, 0) is 6.92 Å². The number of hydrogen-bond donors (Lipinski definition) is 4. The molecule has 0 atom stereocenters. The van der Waals surface area contributed by atoms with E-state index in [1.807, 2.05) is 6.92 Å². The monoisotopic (exact) mass is 168 g/mol. The Hall–Kier alpha value is -1.56. The standard InChI is InChI=1S/C6H12N6/c1-2-9-5-4(7)6(12-8)11-3-10-5/h3H,2,7-8H2,1H3,(H2,9,10,11,12). The average Bonchev–Trinajstić information content (AvgIpc) is 2.09. The second kappa shape index (κ2) is 3.72. The Labute approximate surface area is 70.4 Å². The van der Waals surface area contributed by atoms with Crippen molar-refractivity contribution in [3.8, 4) is 0 Å². The topological polar surface area (TPSA) is 102 Å². The first-order valence-electron chi connectivity index (χ1n) is 3.60. The van der Waals surface area contributed by atoms with Gasteiger partial charge in [-0.2, -0.15) is 0 Å². The second-order valence-electron chi connectivity index (χ2n) is 2.16. The molecule has 0 spiro atoms. The Morgan fingerprint density at radius 2 is 2.08 bits per heavy atom. The van der Waals surface area contributed by atoms with Crippen LogP contribution in [0.4, 0.5) is 17.3 Å². The molecule has 12 heavy (non-hydrogen) atoms. The first-order valence-corrected chi connectivity index (χ1v) is 3.60. The van der Waals surface area contributed by atoms with Crippen molar-refractivity contribution < 1.29 is 0 Å². The van der Waals surface area contributed by atoms with Gasteiger partial charge >= 0.3 is 0 Å². The molecule has 0 aliphatic rings. The van der Waals surface area contributed by atoms with Crippen molar-refractivity contribution in [3.05, 3.63) is 6.33 Å². The van der Waals surface area contributed by atoms with Crippen LogP contribution >= 0.6 is 0 Å². The van der Waals surface area contributed by atoms with Crippen LogP contribution in [-0.2, 0) is 0 Å². The van der Waals surface area contributed by atoms with Crippen molar-refractivity contribution in [1.82, 2.24) is 9.97 Å². The van der Waals surface area contributed by atoms with E-state index in [4.69, 9.17) is 11.6 Å². The van der Waals surface area contributed by atoms with E-state index >= 15 is 0 Å². The molecule has 0 saturated heterocycles. The minimum Gasteiger partial charge on any atom is -0.393 e. The first kappa shape index (κ1) is 8.54. The number of hydrazine groups is 1. The maximum Gasteiger partial charge on any atom is 0.168 e. The lowest BCUT2D eigenvalue weighted by molar-refractivity contribution is 1.10. The lowest BCUT2D eigenvalue weighted by Gasteiger charge is -2.08. The maximum atomic E-state index is 5.65. The molecule has 0 unspecified atom stereocenters. The van der Waals surface area contributed by atoms with Crippen LogP contribution in [0.1, 0.15) is 6.92 Å². The molecule has 0 fully saturated rings. The normalized spacial score (nSPS) is 9.50. The summed E-state index contributed by atoms with van der Waals surface area (Å²) < 4.78 is 0. The molecule has 0 radical (unpaired) electrons. The number of anilines is 3. The van der Waals surface area contributed by atoms with Crippen LogP contribution in [0, 0.1) is 0 Å². The van der Waals surface area contributed by atoms with Crippen LogP contribution in [-0.4, -0.2) is 16.5 Å². The smallest absolute Gasteiger partial charge is 0.168 e. The molecule has 0 amide bonds. The average molecular weight is 168 g/mol. The third kappa shape index (κ3) is 1.54. The quantitative estimate of drug-likeness (QED) is 0.367. The number of nitrogens with one attached hydrogen (secondary N) is 2. The van der Waals surface area contributed by atoms with Gasteiger partial charge in [-0.15, -0.1) is 0 Å². The van der Waals surface area contributed by atoms with Crippen molar-refractivity contribution in [2.45, 2.75) is 6.92 Å². The minimum absolute atomic E-state index is 0.431. The Morgan fingerprint density at radius 1 is 1.42 bits per heavy atom. The van der Waals surface area contributed by atoms with E-state index in [9.17, 15) is 0 Å². The van der Waals surface area contributed by atoms with Gasteiger partial charge in [0.15, 0.2) is 11.6 Å². The summed E-state index contributed by atoms with van der Waals surface area (Å²) in [6, 6.07) is 0. The Balaban J connectivity index is 2.97. The first-order chi connectivity index (χ1) is 5.79. The molecular formula is C6H12N6. The molecule has 6 heteroatoms. The van der Waals surface area contributed by atoms with Crippen LogP contribution in [0.2, 0.25) is 0 Å². The van der Waals surface area contributed by atoms with Crippen LogP contribution in [0.3, 0.4) is 0 Å². The number of hydrogen-bond acceptors (Lipinski definition) is 6. The van der Waals surface area contributed by atoms with E-state index in [1.54, 1.807) is 0 Å². The van der Waals surface area contributed by atoms with Gasteiger partial charge in [-0.25, -0.2) is 15.8 Å². The number of nitrogens with two attached hydrogens (primary N) is 2. The lowest BCUT2D eigenvalue weighted by atomic mass is 10.4. The second-order valence-corrected chi connectivity index (χ2v) is 2.16. The Kier molecular flexibility index (Phi) is 2.65. The minimum atomic E-state index is 0.431. The highest BCUT2D eigenvalue weighted by Gasteiger charge is 2.04. The molecule has 6 N–H and O–H groups in total. The van der Waals surface area contributed by atoms with E-state index in [0.29, 0.717) is 17.3 Å². The number of rotatable bonds is 3. The summed E-state index contributed by atoms with van der Waals surface area (Å²) in [4.78, 5) is 7.76. The summed E-state index contributed by atoms with van der Waals surface area (Å²) in [5, 5.41) is 2.98. The third-order valence-electron chi connectivity index (χ3n) is 1.36. The largest absolute Gasteiger partial charge is 0.393 e. The van der Waals surface area contributed by atoms with Gasteiger partial charge in [0.05, 0.1) is 0 Å². The molecule has 1 rings (SSSR count). The molecule has 6 nitrogen and oxygen atoms in total. The molecule has 0 aromatic carbocycles. The zero-order valence-electron chi connectivity index (χ0n) is 6.83. The predicted molar refractivity (Wildman–Crippen MR) is 48.4 cm³/mol. The summed E-state index contributed by atoms with van der Waals surface area (Å²) in [5.41, 5.74) is 8.46. The highest BCUT2D eigenvalue weighted by molar-refractivity contribution is 5.73. The maximum absolute atomic E-state index is 5.65. The van der Waals surface area contributed by atoms with Crippen molar-refractivity contribution in [2.24, 2.45) is 5.84 Å². The van der Waals surface area contributed by atoms with Gasteiger partial charge < -0.3 is 16.5 Å². The number of nitrogens with zero attached hydrogens (tertiary/aromatic N) is 2. The molecule has 1 aromatic rings. The van der Waals surface area contributed by atoms with Crippen LogP contribution in [0.15, 0.2) is 6.33 Å². The SMILES string of the molecule is CCNc1ncnc(NN)c1N. The molecule has 1 heterocycles. The fraction of sp³-hybridized carbons (Fsp3) is 0.333. The van der Waals surface area contributed by atoms with Crippen molar-refractivity contribution in [2.75, 3.05) is 23.0 Å². The highest BCUT2D eigenvalue weighted by Crippen LogP contribution is 2.20. The van der Waals surface area contributed by atoms with E-state index < -0.39 is 0 Å². The van der Waals surface area contributed by atoms with Crippen molar-refractivity contribution in [3.63, 3.8) is 0 Å². The highest BCUT2D eigenvalue weighted by atomic mass is 15.3. The van der Waals surface area contributed by atoms with Gasteiger partial charge in [0.1, 0.15) is 12.0 Å². The Morgan fingerprint density at radius 3 is 2.67 bits per heavy atom. The Bertz CT molecular complexity index is 260. The number of nitrogen functional groups attached to an aromatic ring is 2. The molecule has 66 valence electrons. The van der Waals surface area contributed by atoms with Crippen molar-refractivity contribution >= 4 is 17.3 Å². The summed E-state index contributed by atoms with van der Waals surface area (Å²) in [6.07, 6.45) is 1.39. The molecule has 0 bridgehead atoms. The van der Waals surface area contributed by atoms with Crippen LogP contribution in [0.5, 0.6) is 0 Å². The van der Waals surface area contributed by atoms with Crippen LogP contribution < -0.4 is 22.3 Å². The zero-order valence-corrected chi connectivity index (χ0v) is 6.83. The predicted octanol–water partition coefficient (Wildman–Crippen LogP) is -0.224. The molecule has 0 saturated carbocycles. The van der Waals surface area contributed by atoms with Crippen molar-refractivity contribution in [1.29, 1.82) is 0 Å². The summed E-state index contributed by atoms with van der Waals surface area (Å²) in [6.45, 7) is 2.71. The van der Waals surface area contributed by atoms with Gasteiger partial charge in [0, 0.05) is 6.54 Å². The number of aromatic nitrogens is 2. The summed E-state index contributed by atoms with van der Waals surface area (Å²) >= 11 is 0. The van der Waals surface area contributed by atoms with Gasteiger partial charge in [0.25, 0.3) is 0 Å². The van der Waals surface area contributed by atoms with Gasteiger partial charge in [-0.3, -0.25) is 0 Å². The molecular weight excluding hydrogens is 156 g/mol. The fourth-order valence-corrected chi connectivity index (χ4v) is 0.819. The van der Waals surface area contributed by atoms with Crippen LogP contribution in [0.25, 0.3) is 0 Å².